The van der Waals surface area contributed by atoms with E-state index in [1.165, 1.54) is 17.0 Å². The lowest BCUT2D eigenvalue weighted by molar-refractivity contribution is -0.134. The Morgan fingerprint density at radius 1 is 1.21 bits per heavy atom. The summed E-state index contributed by atoms with van der Waals surface area (Å²) < 4.78 is 33.5. The molecule has 2 aliphatic rings. The van der Waals surface area contributed by atoms with Crippen LogP contribution >= 0.6 is 11.8 Å². The van der Waals surface area contributed by atoms with Gasteiger partial charge in [-0.25, -0.2) is 17.9 Å². The number of sulfonamides is 1. The van der Waals surface area contributed by atoms with Crippen LogP contribution in [0.3, 0.4) is 0 Å². The van der Waals surface area contributed by atoms with Crippen LogP contribution in [-0.4, -0.2) is 72.6 Å². The summed E-state index contributed by atoms with van der Waals surface area (Å²) in [4.78, 5) is 28.9. The van der Waals surface area contributed by atoms with Crippen LogP contribution in [0.2, 0.25) is 0 Å². The Morgan fingerprint density at radius 3 is 2.48 bits per heavy atom. The second-order valence-electron chi connectivity index (χ2n) is 8.15. The van der Waals surface area contributed by atoms with E-state index in [2.05, 4.69) is 4.72 Å². The number of ether oxygens (including phenoxy) is 1. The third-order valence-corrected chi connectivity index (χ3v) is 7.16. The first-order valence-electron chi connectivity index (χ1n) is 9.50. The summed E-state index contributed by atoms with van der Waals surface area (Å²) >= 11 is 1.66. The zero-order valence-electron chi connectivity index (χ0n) is 16.8. The molecular weight excluding hydrogens is 414 g/mol. The van der Waals surface area contributed by atoms with E-state index in [1.807, 2.05) is 0 Å². The lowest BCUT2D eigenvalue weighted by atomic mass is 10.1. The van der Waals surface area contributed by atoms with E-state index in [9.17, 15) is 18.0 Å². The van der Waals surface area contributed by atoms with Crippen molar-refractivity contribution in [3.05, 3.63) is 30.3 Å². The highest BCUT2D eigenvalue weighted by molar-refractivity contribution is 7.99. The summed E-state index contributed by atoms with van der Waals surface area (Å²) in [5, 5.41) is 0. The van der Waals surface area contributed by atoms with Gasteiger partial charge in [0.2, 0.25) is 15.9 Å². The zero-order chi connectivity index (χ0) is 21.2. The molecule has 0 spiro atoms. The number of nitrogens with one attached hydrogen (secondary N) is 1. The molecule has 2 aliphatic heterocycles. The number of carbonyl (C=O) groups is 2. The van der Waals surface area contributed by atoms with Gasteiger partial charge in [-0.15, -0.1) is 11.8 Å². The molecule has 2 heterocycles. The molecule has 0 aromatic heterocycles. The minimum Gasteiger partial charge on any atom is -0.444 e. The quantitative estimate of drug-likeness (QED) is 0.766. The predicted molar refractivity (Wildman–Crippen MR) is 111 cm³/mol. The van der Waals surface area contributed by atoms with Gasteiger partial charge in [0.25, 0.3) is 0 Å². The Balaban J connectivity index is 1.78. The molecule has 2 unspecified atom stereocenters. The Hall–Kier alpha value is -1.78. The predicted octanol–water partition coefficient (Wildman–Crippen LogP) is 1.88. The molecule has 3 rings (SSSR count). The monoisotopic (exact) mass is 441 g/mol. The van der Waals surface area contributed by atoms with Gasteiger partial charge in [0.15, 0.2) is 0 Å². The number of carbonyl (C=O) groups excluding carboxylic acids is 2. The molecule has 2 amide bonds. The number of thioether (sulfide) groups is 1. The van der Waals surface area contributed by atoms with Gasteiger partial charge in [0.1, 0.15) is 11.6 Å². The smallest absolute Gasteiger partial charge is 0.411 e. The molecule has 1 N–H and O–H groups in total. The second kappa shape index (κ2) is 8.53. The van der Waals surface area contributed by atoms with Crippen LogP contribution in [0.15, 0.2) is 35.2 Å². The molecule has 10 heteroatoms. The Labute approximate surface area is 176 Å². The SMILES string of the molecule is CC(C)(C)OC(=O)N1CC(NS(=O)(=O)c2ccccc2)CC1C(=O)N1CCSC1. The first kappa shape index (κ1) is 21.9. The number of rotatable bonds is 4. The van der Waals surface area contributed by atoms with Crippen LogP contribution in [0.25, 0.3) is 0 Å². The maximum Gasteiger partial charge on any atom is 0.411 e. The van der Waals surface area contributed by atoms with Crippen molar-refractivity contribution in [3.63, 3.8) is 0 Å². The molecule has 160 valence electrons. The highest BCUT2D eigenvalue weighted by Crippen LogP contribution is 2.26. The summed E-state index contributed by atoms with van der Waals surface area (Å²) in [5.41, 5.74) is -0.712. The number of benzene rings is 1. The molecule has 0 radical (unpaired) electrons. The third-order valence-electron chi connectivity index (χ3n) is 4.65. The van der Waals surface area contributed by atoms with Gasteiger partial charge in [-0.2, -0.15) is 0 Å². The van der Waals surface area contributed by atoms with Crippen molar-refractivity contribution >= 4 is 33.8 Å². The van der Waals surface area contributed by atoms with Crippen molar-refractivity contribution in [1.82, 2.24) is 14.5 Å². The topological polar surface area (TPSA) is 96.0 Å². The van der Waals surface area contributed by atoms with Crippen LogP contribution < -0.4 is 4.72 Å². The van der Waals surface area contributed by atoms with Crippen molar-refractivity contribution in [2.45, 2.75) is 49.8 Å². The Morgan fingerprint density at radius 2 is 1.90 bits per heavy atom. The van der Waals surface area contributed by atoms with Gasteiger partial charge in [0, 0.05) is 24.9 Å². The van der Waals surface area contributed by atoms with E-state index in [-0.39, 0.29) is 23.8 Å². The maximum absolute atomic E-state index is 13.0. The fraction of sp³-hybridized carbons (Fsp3) is 0.579. The maximum atomic E-state index is 13.0. The van der Waals surface area contributed by atoms with Crippen LogP contribution in [0.5, 0.6) is 0 Å². The molecule has 1 aromatic rings. The Bertz CT molecular complexity index is 848. The van der Waals surface area contributed by atoms with Crippen LogP contribution in [0.1, 0.15) is 27.2 Å². The van der Waals surface area contributed by atoms with Gasteiger partial charge in [0.05, 0.1) is 10.8 Å². The van der Waals surface area contributed by atoms with Crippen LogP contribution in [0.4, 0.5) is 4.79 Å². The molecule has 2 saturated heterocycles. The summed E-state index contributed by atoms with van der Waals surface area (Å²) in [6.07, 6.45) is -0.394. The summed E-state index contributed by atoms with van der Waals surface area (Å²) in [6, 6.07) is 6.73. The fourth-order valence-electron chi connectivity index (χ4n) is 3.36. The van der Waals surface area contributed by atoms with Crippen molar-refractivity contribution in [2.75, 3.05) is 24.7 Å². The summed E-state index contributed by atoms with van der Waals surface area (Å²) in [5.74, 6) is 1.27. The lowest BCUT2D eigenvalue weighted by Gasteiger charge is -2.29. The number of hydrogen-bond donors (Lipinski definition) is 1. The lowest BCUT2D eigenvalue weighted by Crippen LogP contribution is -2.48. The minimum atomic E-state index is -3.75. The molecule has 29 heavy (non-hydrogen) atoms. The number of amides is 2. The van der Waals surface area contributed by atoms with Crippen molar-refractivity contribution in [1.29, 1.82) is 0 Å². The molecule has 2 atom stereocenters. The standard InChI is InChI=1S/C19H27N3O5S2/c1-19(2,3)27-18(24)22-12-14(11-16(22)17(23)21-9-10-28-13-21)20-29(25,26)15-7-5-4-6-8-15/h4-8,14,16,20H,9-13H2,1-3H3. The van der Waals surface area contributed by atoms with E-state index >= 15 is 0 Å². The van der Waals surface area contributed by atoms with Gasteiger partial charge in [-0.1, -0.05) is 18.2 Å². The average molecular weight is 442 g/mol. The van der Waals surface area contributed by atoms with E-state index in [1.54, 1.807) is 55.6 Å². The van der Waals surface area contributed by atoms with Gasteiger partial charge in [-0.3, -0.25) is 9.69 Å². The molecule has 8 nitrogen and oxygen atoms in total. The molecule has 0 bridgehead atoms. The van der Waals surface area contributed by atoms with E-state index in [0.717, 1.165) is 5.75 Å². The van der Waals surface area contributed by atoms with E-state index in [4.69, 9.17) is 4.74 Å². The summed E-state index contributed by atoms with van der Waals surface area (Å²) in [6.45, 7) is 5.97. The number of nitrogens with zero attached hydrogens (tertiary/aromatic N) is 2. The van der Waals surface area contributed by atoms with Gasteiger partial charge < -0.3 is 9.64 Å². The average Bonchev–Trinajstić information content (AvgIpc) is 3.30. The molecular formula is C19H27N3O5S2. The molecule has 0 aliphatic carbocycles. The Kier molecular flexibility index (Phi) is 6.45. The highest BCUT2D eigenvalue weighted by atomic mass is 32.2. The van der Waals surface area contributed by atoms with E-state index in [0.29, 0.717) is 12.4 Å². The van der Waals surface area contributed by atoms with Crippen LogP contribution in [-0.2, 0) is 19.6 Å². The zero-order valence-corrected chi connectivity index (χ0v) is 18.5. The van der Waals surface area contributed by atoms with Gasteiger partial charge in [-0.05, 0) is 39.3 Å². The first-order chi connectivity index (χ1) is 13.6. The van der Waals surface area contributed by atoms with Crippen molar-refractivity contribution < 1.29 is 22.7 Å². The largest absolute Gasteiger partial charge is 0.444 e. The van der Waals surface area contributed by atoms with Crippen molar-refractivity contribution in [2.24, 2.45) is 0 Å². The van der Waals surface area contributed by atoms with Gasteiger partial charge >= 0.3 is 6.09 Å². The number of likely N-dealkylation sites (tertiary alicyclic amines) is 1. The third kappa shape index (κ3) is 5.43. The summed E-state index contributed by atoms with van der Waals surface area (Å²) in [7, 11) is -3.75. The fourth-order valence-corrected chi connectivity index (χ4v) is 5.58. The molecule has 1 aromatic carbocycles. The highest BCUT2D eigenvalue weighted by Gasteiger charge is 2.44. The molecule has 0 saturated carbocycles. The second-order valence-corrected chi connectivity index (χ2v) is 10.9. The minimum absolute atomic E-state index is 0.0817. The first-order valence-corrected chi connectivity index (χ1v) is 12.1. The van der Waals surface area contributed by atoms with Crippen LogP contribution in [0, 0.1) is 0 Å². The number of hydrogen-bond acceptors (Lipinski definition) is 6. The molecule has 2 fully saturated rings. The normalized spacial score (nSPS) is 22.7. The van der Waals surface area contributed by atoms with Crippen molar-refractivity contribution in [3.8, 4) is 0 Å². The van der Waals surface area contributed by atoms with E-state index < -0.39 is 33.8 Å².